The Balaban J connectivity index is 1.67. The first-order chi connectivity index (χ1) is 8.74. The Morgan fingerprint density at radius 3 is 2.78 bits per heavy atom. The van der Waals surface area contributed by atoms with Crippen molar-refractivity contribution >= 4 is 11.8 Å². The molecule has 5 nitrogen and oxygen atoms in total. The van der Waals surface area contributed by atoms with E-state index in [-0.39, 0.29) is 24.0 Å². The van der Waals surface area contributed by atoms with Crippen molar-refractivity contribution in [2.45, 2.75) is 44.2 Å². The summed E-state index contributed by atoms with van der Waals surface area (Å²) in [5.74, 6) is 0.473. The molecular weight excluding hydrogens is 232 g/mol. The molecule has 0 aromatic rings. The van der Waals surface area contributed by atoms with Gasteiger partial charge in [-0.15, -0.1) is 0 Å². The van der Waals surface area contributed by atoms with Gasteiger partial charge in [0.1, 0.15) is 6.04 Å². The highest BCUT2D eigenvalue weighted by molar-refractivity contribution is 5.90. The van der Waals surface area contributed by atoms with Gasteiger partial charge in [0.05, 0.1) is 6.10 Å². The maximum atomic E-state index is 12.4. The molecule has 0 bridgehead atoms. The zero-order valence-electron chi connectivity index (χ0n) is 10.6. The SMILES string of the molecule is O=C1CCN(CC2CCCO2)C(=O)C(C2CC2)N1. The van der Waals surface area contributed by atoms with Gasteiger partial charge in [0.15, 0.2) is 0 Å². The van der Waals surface area contributed by atoms with E-state index in [2.05, 4.69) is 5.32 Å². The molecule has 2 saturated heterocycles. The molecule has 5 heteroatoms. The maximum absolute atomic E-state index is 12.4. The summed E-state index contributed by atoms with van der Waals surface area (Å²) in [6.45, 7) is 1.99. The van der Waals surface area contributed by atoms with Gasteiger partial charge < -0.3 is 15.0 Å². The van der Waals surface area contributed by atoms with Crippen LogP contribution in [0.15, 0.2) is 0 Å². The molecule has 2 unspecified atom stereocenters. The van der Waals surface area contributed by atoms with Crippen LogP contribution < -0.4 is 5.32 Å². The molecule has 1 saturated carbocycles. The lowest BCUT2D eigenvalue weighted by atomic mass is 10.1. The Kier molecular flexibility index (Phi) is 3.24. The third-order valence-corrected chi connectivity index (χ3v) is 4.04. The molecule has 100 valence electrons. The Labute approximate surface area is 107 Å². The fraction of sp³-hybridized carbons (Fsp3) is 0.846. The zero-order chi connectivity index (χ0) is 12.5. The molecule has 1 N–H and O–H groups in total. The minimum absolute atomic E-state index is 0.00934. The molecule has 0 aromatic heterocycles. The van der Waals surface area contributed by atoms with E-state index in [1.807, 2.05) is 4.90 Å². The topological polar surface area (TPSA) is 58.6 Å². The van der Waals surface area contributed by atoms with Crippen molar-refractivity contribution in [3.05, 3.63) is 0 Å². The number of nitrogens with zero attached hydrogens (tertiary/aromatic N) is 1. The van der Waals surface area contributed by atoms with E-state index in [0.29, 0.717) is 25.4 Å². The largest absolute Gasteiger partial charge is 0.376 e. The summed E-state index contributed by atoms with van der Waals surface area (Å²) in [5, 5.41) is 2.87. The molecule has 3 rings (SSSR count). The molecule has 2 heterocycles. The number of ether oxygens (including phenoxy) is 1. The highest BCUT2D eigenvalue weighted by atomic mass is 16.5. The second-order valence-electron chi connectivity index (χ2n) is 5.55. The molecule has 2 aliphatic heterocycles. The van der Waals surface area contributed by atoms with E-state index in [1.54, 1.807) is 0 Å². The molecular formula is C13H20N2O3. The first-order valence-corrected chi connectivity index (χ1v) is 6.94. The molecule has 18 heavy (non-hydrogen) atoms. The van der Waals surface area contributed by atoms with Gasteiger partial charge in [-0.25, -0.2) is 0 Å². The Morgan fingerprint density at radius 1 is 1.28 bits per heavy atom. The molecule has 2 atom stereocenters. The van der Waals surface area contributed by atoms with Crippen molar-refractivity contribution in [1.82, 2.24) is 10.2 Å². The van der Waals surface area contributed by atoms with Crippen LogP contribution in [0.25, 0.3) is 0 Å². The van der Waals surface area contributed by atoms with E-state index >= 15 is 0 Å². The van der Waals surface area contributed by atoms with E-state index in [4.69, 9.17) is 4.74 Å². The van der Waals surface area contributed by atoms with E-state index in [9.17, 15) is 9.59 Å². The predicted molar refractivity (Wildman–Crippen MR) is 64.8 cm³/mol. The minimum Gasteiger partial charge on any atom is -0.376 e. The Hall–Kier alpha value is -1.10. The van der Waals surface area contributed by atoms with Crippen LogP contribution in [-0.4, -0.2) is 48.6 Å². The fourth-order valence-electron chi connectivity index (χ4n) is 2.82. The van der Waals surface area contributed by atoms with Gasteiger partial charge in [-0.1, -0.05) is 0 Å². The highest BCUT2D eigenvalue weighted by Gasteiger charge is 2.41. The van der Waals surface area contributed by atoms with Crippen LogP contribution in [0.2, 0.25) is 0 Å². The number of carbonyl (C=O) groups excluding carboxylic acids is 2. The van der Waals surface area contributed by atoms with Gasteiger partial charge in [-0.05, 0) is 31.6 Å². The first kappa shape index (κ1) is 12.0. The number of amides is 2. The summed E-state index contributed by atoms with van der Waals surface area (Å²) < 4.78 is 5.58. The number of hydrogen-bond acceptors (Lipinski definition) is 3. The van der Waals surface area contributed by atoms with Crippen molar-refractivity contribution in [2.75, 3.05) is 19.7 Å². The van der Waals surface area contributed by atoms with Crippen molar-refractivity contribution < 1.29 is 14.3 Å². The maximum Gasteiger partial charge on any atom is 0.245 e. The summed E-state index contributed by atoms with van der Waals surface area (Å²) >= 11 is 0. The third-order valence-electron chi connectivity index (χ3n) is 4.04. The smallest absolute Gasteiger partial charge is 0.245 e. The molecule has 0 spiro atoms. The second kappa shape index (κ2) is 4.88. The summed E-state index contributed by atoms with van der Waals surface area (Å²) in [7, 11) is 0. The van der Waals surface area contributed by atoms with E-state index in [1.165, 1.54) is 0 Å². The lowest BCUT2D eigenvalue weighted by Gasteiger charge is -2.26. The van der Waals surface area contributed by atoms with Gasteiger partial charge in [0, 0.05) is 26.1 Å². The van der Waals surface area contributed by atoms with Crippen LogP contribution >= 0.6 is 0 Å². The number of carbonyl (C=O) groups is 2. The molecule has 0 radical (unpaired) electrons. The van der Waals surface area contributed by atoms with Crippen molar-refractivity contribution in [3.8, 4) is 0 Å². The van der Waals surface area contributed by atoms with E-state index < -0.39 is 0 Å². The van der Waals surface area contributed by atoms with Gasteiger partial charge in [0.2, 0.25) is 11.8 Å². The summed E-state index contributed by atoms with van der Waals surface area (Å²) in [4.78, 5) is 25.9. The van der Waals surface area contributed by atoms with Crippen molar-refractivity contribution in [1.29, 1.82) is 0 Å². The van der Waals surface area contributed by atoms with Crippen LogP contribution in [0.5, 0.6) is 0 Å². The Bertz CT molecular complexity index is 348. The molecule has 3 aliphatic rings. The molecule has 1 aliphatic carbocycles. The lowest BCUT2D eigenvalue weighted by Crippen LogP contribution is -2.47. The number of hydrogen-bond donors (Lipinski definition) is 1. The summed E-state index contributed by atoms with van der Waals surface area (Å²) in [6, 6.07) is -0.276. The number of rotatable bonds is 3. The zero-order valence-corrected chi connectivity index (χ0v) is 10.6. The molecule has 0 aromatic carbocycles. The van der Waals surface area contributed by atoms with Crippen molar-refractivity contribution in [3.63, 3.8) is 0 Å². The molecule has 3 fully saturated rings. The van der Waals surface area contributed by atoms with Crippen LogP contribution in [0.3, 0.4) is 0 Å². The van der Waals surface area contributed by atoms with Gasteiger partial charge >= 0.3 is 0 Å². The van der Waals surface area contributed by atoms with Gasteiger partial charge in [-0.2, -0.15) is 0 Å². The van der Waals surface area contributed by atoms with Crippen LogP contribution in [-0.2, 0) is 14.3 Å². The first-order valence-electron chi connectivity index (χ1n) is 6.94. The van der Waals surface area contributed by atoms with Gasteiger partial charge in [0.25, 0.3) is 0 Å². The standard InChI is InChI=1S/C13H20N2O3/c16-11-5-6-15(8-10-2-1-7-18-10)13(17)12(14-11)9-3-4-9/h9-10,12H,1-8H2,(H,14,16). The normalized spacial score (nSPS) is 33.4. The third kappa shape index (κ3) is 2.51. The second-order valence-corrected chi connectivity index (χ2v) is 5.55. The lowest BCUT2D eigenvalue weighted by molar-refractivity contribution is -0.135. The minimum atomic E-state index is -0.276. The Morgan fingerprint density at radius 2 is 2.11 bits per heavy atom. The number of nitrogens with one attached hydrogen (secondary N) is 1. The quantitative estimate of drug-likeness (QED) is 0.785. The summed E-state index contributed by atoms with van der Waals surface area (Å²) in [5.41, 5.74) is 0. The summed E-state index contributed by atoms with van der Waals surface area (Å²) in [6.07, 6.45) is 4.81. The van der Waals surface area contributed by atoms with Crippen LogP contribution in [0.4, 0.5) is 0 Å². The monoisotopic (exact) mass is 252 g/mol. The van der Waals surface area contributed by atoms with Crippen LogP contribution in [0.1, 0.15) is 32.1 Å². The average molecular weight is 252 g/mol. The van der Waals surface area contributed by atoms with Gasteiger partial charge in [-0.3, -0.25) is 9.59 Å². The predicted octanol–water partition coefficient (Wildman–Crippen LogP) is 0.293. The highest BCUT2D eigenvalue weighted by Crippen LogP contribution is 2.34. The molecule has 2 amide bonds. The average Bonchev–Trinajstić information content (AvgIpc) is 3.09. The van der Waals surface area contributed by atoms with Crippen molar-refractivity contribution in [2.24, 2.45) is 5.92 Å². The van der Waals surface area contributed by atoms with Crippen LogP contribution in [0, 0.1) is 5.92 Å². The van der Waals surface area contributed by atoms with E-state index in [0.717, 1.165) is 32.3 Å². The fourth-order valence-corrected chi connectivity index (χ4v) is 2.82.